The predicted octanol–water partition coefficient (Wildman–Crippen LogP) is 1.39. The number of amides is 2. The van der Waals surface area contributed by atoms with E-state index in [1.54, 1.807) is 13.1 Å². The van der Waals surface area contributed by atoms with E-state index >= 15 is 0 Å². The largest absolute Gasteiger partial charge is 0.466 e. The van der Waals surface area contributed by atoms with Crippen LogP contribution in [-0.2, 0) is 9.53 Å². The van der Waals surface area contributed by atoms with E-state index in [2.05, 4.69) is 15.6 Å². The Morgan fingerprint density at radius 1 is 1.42 bits per heavy atom. The van der Waals surface area contributed by atoms with Crippen molar-refractivity contribution >= 4 is 12.0 Å². The van der Waals surface area contributed by atoms with Crippen LogP contribution >= 0.6 is 0 Å². The number of ether oxygens (including phenoxy) is 1. The Balaban J connectivity index is 2.26. The molecule has 104 valence electrons. The summed E-state index contributed by atoms with van der Waals surface area (Å²) in [6.45, 7) is 4.18. The van der Waals surface area contributed by atoms with Gasteiger partial charge in [-0.15, -0.1) is 0 Å². The zero-order chi connectivity index (χ0) is 14.1. The number of esters is 1. The van der Waals surface area contributed by atoms with Gasteiger partial charge in [-0.3, -0.25) is 9.78 Å². The van der Waals surface area contributed by atoms with Gasteiger partial charge in [0.2, 0.25) is 0 Å². The highest BCUT2D eigenvalue weighted by Crippen LogP contribution is 2.06. The topological polar surface area (TPSA) is 80.3 Å². The maximum Gasteiger partial charge on any atom is 0.315 e. The fourth-order valence-electron chi connectivity index (χ4n) is 1.46. The van der Waals surface area contributed by atoms with Crippen LogP contribution in [0.25, 0.3) is 0 Å². The lowest BCUT2D eigenvalue weighted by molar-refractivity contribution is -0.142. The van der Waals surface area contributed by atoms with Crippen molar-refractivity contribution in [3.63, 3.8) is 0 Å². The highest BCUT2D eigenvalue weighted by Gasteiger charge is 2.10. The molecule has 6 heteroatoms. The van der Waals surface area contributed by atoms with Crippen molar-refractivity contribution < 1.29 is 14.3 Å². The summed E-state index contributed by atoms with van der Waals surface area (Å²) in [4.78, 5) is 26.8. The maximum absolute atomic E-state index is 11.6. The van der Waals surface area contributed by atoms with Gasteiger partial charge in [-0.05, 0) is 26.0 Å². The van der Waals surface area contributed by atoms with Crippen LogP contribution < -0.4 is 10.6 Å². The molecule has 0 saturated carbocycles. The summed E-state index contributed by atoms with van der Waals surface area (Å²) >= 11 is 0. The number of pyridine rings is 1. The van der Waals surface area contributed by atoms with Gasteiger partial charge in [-0.2, -0.15) is 0 Å². The molecule has 0 aliphatic heterocycles. The Hall–Kier alpha value is -2.11. The zero-order valence-corrected chi connectivity index (χ0v) is 11.2. The third-order valence-corrected chi connectivity index (χ3v) is 2.40. The van der Waals surface area contributed by atoms with Crippen molar-refractivity contribution in [2.75, 3.05) is 13.2 Å². The minimum absolute atomic E-state index is 0.166. The number of carbonyl (C=O) groups is 2. The first kappa shape index (κ1) is 14.9. The smallest absolute Gasteiger partial charge is 0.315 e. The lowest BCUT2D eigenvalue weighted by Crippen LogP contribution is -2.38. The standard InChI is InChI=1S/C13H19N3O3/c1-3-19-12(17)7-9-15-13(18)16-10(2)11-6-4-5-8-14-11/h4-6,8,10H,3,7,9H2,1-2H3,(H2,15,16,18)/t10-/m1/s1. The van der Waals surface area contributed by atoms with Crippen molar-refractivity contribution in [1.29, 1.82) is 0 Å². The Morgan fingerprint density at radius 3 is 2.84 bits per heavy atom. The number of hydrogen-bond donors (Lipinski definition) is 2. The summed E-state index contributed by atoms with van der Waals surface area (Å²) in [6, 6.07) is 4.99. The Bertz CT molecular complexity index is 409. The number of nitrogens with zero attached hydrogens (tertiary/aromatic N) is 1. The molecule has 0 aromatic carbocycles. The number of carbonyl (C=O) groups excluding carboxylic acids is 2. The van der Waals surface area contributed by atoms with Crippen LogP contribution in [-0.4, -0.2) is 30.1 Å². The lowest BCUT2D eigenvalue weighted by atomic mass is 10.2. The highest BCUT2D eigenvalue weighted by molar-refractivity contribution is 5.75. The number of hydrogen-bond acceptors (Lipinski definition) is 4. The molecule has 1 aromatic rings. The fraction of sp³-hybridized carbons (Fsp3) is 0.462. The molecule has 0 bridgehead atoms. The molecular formula is C13H19N3O3. The second-order valence-corrected chi connectivity index (χ2v) is 3.93. The van der Waals surface area contributed by atoms with Gasteiger partial charge in [-0.1, -0.05) is 6.07 Å². The first-order valence-corrected chi connectivity index (χ1v) is 6.24. The molecule has 6 nitrogen and oxygen atoms in total. The molecule has 2 N–H and O–H groups in total. The van der Waals surface area contributed by atoms with Crippen LogP contribution in [0.1, 0.15) is 32.0 Å². The van der Waals surface area contributed by atoms with Gasteiger partial charge in [0.1, 0.15) is 0 Å². The van der Waals surface area contributed by atoms with E-state index in [0.717, 1.165) is 5.69 Å². The van der Waals surface area contributed by atoms with Crippen molar-refractivity contribution in [1.82, 2.24) is 15.6 Å². The third-order valence-electron chi connectivity index (χ3n) is 2.40. The lowest BCUT2D eigenvalue weighted by Gasteiger charge is -2.13. The monoisotopic (exact) mass is 265 g/mol. The molecule has 0 radical (unpaired) electrons. The van der Waals surface area contributed by atoms with E-state index in [1.165, 1.54) is 0 Å². The Kier molecular flexibility index (Phi) is 6.35. The first-order valence-electron chi connectivity index (χ1n) is 6.24. The average Bonchev–Trinajstić information content (AvgIpc) is 2.40. The molecule has 0 saturated heterocycles. The predicted molar refractivity (Wildman–Crippen MR) is 70.4 cm³/mol. The van der Waals surface area contributed by atoms with Crippen LogP contribution in [0.5, 0.6) is 0 Å². The minimum atomic E-state index is -0.331. The quantitative estimate of drug-likeness (QED) is 0.762. The molecule has 0 spiro atoms. The number of nitrogens with one attached hydrogen (secondary N) is 2. The van der Waals surface area contributed by atoms with Gasteiger partial charge < -0.3 is 15.4 Å². The summed E-state index contributed by atoms with van der Waals surface area (Å²) in [5, 5.41) is 5.33. The summed E-state index contributed by atoms with van der Waals surface area (Å²) in [6.07, 6.45) is 1.84. The third kappa shape index (κ3) is 5.85. The second kappa shape index (κ2) is 8.07. The Labute approximate surface area is 112 Å². The van der Waals surface area contributed by atoms with Crippen LogP contribution in [0, 0.1) is 0 Å². The van der Waals surface area contributed by atoms with Gasteiger partial charge in [-0.25, -0.2) is 4.79 Å². The second-order valence-electron chi connectivity index (χ2n) is 3.93. The molecule has 1 heterocycles. The van der Waals surface area contributed by atoms with Crippen molar-refractivity contribution in [2.24, 2.45) is 0 Å². The molecule has 2 amide bonds. The Morgan fingerprint density at radius 2 is 2.21 bits per heavy atom. The molecule has 1 atom stereocenters. The highest BCUT2D eigenvalue weighted by atomic mass is 16.5. The maximum atomic E-state index is 11.6. The van der Waals surface area contributed by atoms with E-state index in [-0.39, 0.29) is 31.0 Å². The number of rotatable bonds is 6. The van der Waals surface area contributed by atoms with E-state index in [4.69, 9.17) is 4.74 Å². The van der Waals surface area contributed by atoms with Gasteiger partial charge >= 0.3 is 12.0 Å². The minimum Gasteiger partial charge on any atom is -0.466 e. The van der Waals surface area contributed by atoms with E-state index < -0.39 is 0 Å². The van der Waals surface area contributed by atoms with Gasteiger partial charge in [0.15, 0.2) is 0 Å². The van der Waals surface area contributed by atoms with Crippen molar-refractivity contribution in [3.05, 3.63) is 30.1 Å². The summed E-state index contributed by atoms with van der Waals surface area (Å²) in [5.41, 5.74) is 0.781. The van der Waals surface area contributed by atoms with Gasteiger partial charge in [0.05, 0.1) is 24.8 Å². The van der Waals surface area contributed by atoms with Crippen LogP contribution in [0.2, 0.25) is 0 Å². The molecular weight excluding hydrogens is 246 g/mol. The fourth-order valence-corrected chi connectivity index (χ4v) is 1.46. The number of urea groups is 1. The molecule has 0 aliphatic carbocycles. The van der Waals surface area contributed by atoms with Gasteiger partial charge in [0, 0.05) is 12.7 Å². The summed E-state index contributed by atoms with van der Waals surface area (Å²) in [7, 11) is 0. The van der Waals surface area contributed by atoms with Crippen LogP contribution in [0.15, 0.2) is 24.4 Å². The molecule has 1 rings (SSSR count). The van der Waals surface area contributed by atoms with Crippen LogP contribution in [0.3, 0.4) is 0 Å². The first-order chi connectivity index (χ1) is 9.13. The van der Waals surface area contributed by atoms with Crippen LogP contribution in [0.4, 0.5) is 4.79 Å². The molecule has 1 aromatic heterocycles. The van der Waals surface area contributed by atoms with E-state index in [0.29, 0.717) is 6.61 Å². The van der Waals surface area contributed by atoms with Gasteiger partial charge in [0.25, 0.3) is 0 Å². The average molecular weight is 265 g/mol. The van der Waals surface area contributed by atoms with Crippen molar-refractivity contribution in [2.45, 2.75) is 26.3 Å². The SMILES string of the molecule is CCOC(=O)CCNC(=O)N[C@H](C)c1ccccn1. The molecule has 0 aliphatic rings. The zero-order valence-electron chi connectivity index (χ0n) is 11.2. The van der Waals surface area contributed by atoms with E-state index in [9.17, 15) is 9.59 Å². The normalized spacial score (nSPS) is 11.5. The summed E-state index contributed by atoms with van der Waals surface area (Å²) in [5.74, 6) is -0.319. The summed E-state index contributed by atoms with van der Waals surface area (Å²) < 4.78 is 4.75. The molecule has 0 unspecified atom stereocenters. The van der Waals surface area contributed by atoms with Crippen molar-refractivity contribution in [3.8, 4) is 0 Å². The van der Waals surface area contributed by atoms with E-state index in [1.807, 2.05) is 25.1 Å². The molecule has 19 heavy (non-hydrogen) atoms. The number of aromatic nitrogens is 1. The molecule has 0 fully saturated rings.